The van der Waals surface area contributed by atoms with Gasteiger partial charge in [-0.15, -0.1) is 24.8 Å². The van der Waals surface area contributed by atoms with Crippen LogP contribution in [0.25, 0.3) is 0 Å². The second-order valence-electron chi connectivity index (χ2n) is 6.37. The predicted octanol–water partition coefficient (Wildman–Crippen LogP) is 1.91. The SMILES string of the molecule is CC(C)CCN1Cc2cccc(NC(=O)CNC(=O)CN)c2C1.Cl.Cl. The molecule has 0 aliphatic carbocycles. The molecule has 1 aromatic carbocycles. The van der Waals surface area contributed by atoms with Gasteiger partial charge in [-0.3, -0.25) is 14.5 Å². The largest absolute Gasteiger partial charge is 0.346 e. The molecule has 1 aromatic rings. The zero-order chi connectivity index (χ0) is 16.8. The van der Waals surface area contributed by atoms with Gasteiger partial charge in [0.05, 0.1) is 13.1 Å². The minimum Gasteiger partial charge on any atom is -0.346 e. The lowest BCUT2D eigenvalue weighted by molar-refractivity contribution is -0.123. The van der Waals surface area contributed by atoms with Crippen molar-refractivity contribution in [3.63, 3.8) is 0 Å². The molecule has 0 saturated carbocycles. The molecule has 0 atom stereocenters. The summed E-state index contributed by atoms with van der Waals surface area (Å²) in [5.74, 6) is 0.114. The van der Waals surface area contributed by atoms with E-state index >= 15 is 0 Å². The number of halogens is 2. The molecule has 25 heavy (non-hydrogen) atoms. The van der Waals surface area contributed by atoms with Crippen LogP contribution in [0, 0.1) is 5.92 Å². The van der Waals surface area contributed by atoms with Gasteiger partial charge in [-0.25, -0.2) is 0 Å². The number of hydrogen-bond acceptors (Lipinski definition) is 4. The van der Waals surface area contributed by atoms with Gasteiger partial charge in [0.1, 0.15) is 0 Å². The third-order valence-electron chi connectivity index (χ3n) is 3.98. The Morgan fingerprint density at radius 1 is 1.20 bits per heavy atom. The first kappa shape index (κ1) is 23.7. The number of fused-ring (bicyclic) bond motifs is 1. The molecule has 6 nitrogen and oxygen atoms in total. The Hall–Kier alpha value is -1.34. The third kappa shape index (κ3) is 7.20. The Labute approximate surface area is 161 Å². The molecular weight excluding hydrogens is 363 g/mol. The zero-order valence-electron chi connectivity index (χ0n) is 14.7. The van der Waals surface area contributed by atoms with Crippen LogP contribution in [0.4, 0.5) is 5.69 Å². The fourth-order valence-corrected chi connectivity index (χ4v) is 2.65. The third-order valence-corrected chi connectivity index (χ3v) is 3.98. The van der Waals surface area contributed by atoms with Crippen molar-refractivity contribution in [3.05, 3.63) is 29.3 Å². The number of benzene rings is 1. The van der Waals surface area contributed by atoms with E-state index in [2.05, 4.69) is 35.4 Å². The van der Waals surface area contributed by atoms with Crippen LogP contribution in [0.2, 0.25) is 0 Å². The molecule has 0 aromatic heterocycles. The Morgan fingerprint density at radius 2 is 1.92 bits per heavy atom. The van der Waals surface area contributed by atoms with Crippen molar-refractivity contribution in [2.75, 3.05) is 25.0 Å². The smallest absolute Gasteiger partial charge is 0.243 e. The number of hydrogen-bond donors (Lipinski definition) is 3. The van der Waals surface area contributed by atoms with Gasteiger partial charge < -0.3 is 16.4 Å². The van der Waals surface area contributed by atoms with Gasteiger partial charge in [-0.2, -0.15) is 0 Å². The monoisotopic (exact) mass is 390 g/mol. The molecule has 0 spiro atoms. The van der Waals surface area contributed by atoms with Crippen molar-refractivity contribution >= 4 is 42.3 Å². The van der Waals surface area contributed by atoms with Crippen molar-refractivity contribution < 1.29 is 9.59 Å². The standard InChI is InChI=1S/C17H26N4O2.2ClH/c1-12(2)6-7-21-10-13-4-3-5-15(14(13)11-21)20-17(23)9-19-16(22)8-18;;/h3-5,12H,6-11,18H2,1-2H3,(H,19,22)(H,20,23);2*1H. The molecule has 0 radical (unpaired) electrons. The lowest BCUT2D eigenvalue weighted by Crippen LogP contribution is -2.36. The summed E-state index contributed by atoms with van der Waals surface area (Å²) < 4.78 is 0. The summed E-state index contributed by atoms with van der Waals surface area (Å²) in [7, 11) is 0. The molecule has 2 amide bonds. The summed E-state index contributed by atoms with van der Waals surface area (Å²) in [6, 6.07) is 5.98. The average molecular weight is 391 g/mol. The van der Waals surface area contributed by atoms with E-state index in [1.165, 1.54) is 17.5 Å². The number of rotatable bonds is 7. The van der Waals surface area contributed by atoms with Gasteiger partial charge >= 0.3 is 0 Å². The van der Waals surface area contributed by atoms with Crippen LogP contribution in [-0.4, -0.2) is 36.3 Å². The van der Waals surface area contributed by atoms with Gasteiger partial charge in [-0.1, -0.05) is 26.0 Å². The minimum absolute atomic E-state index is 0. The molecule has 1 aliphatic rings. The van der Waals surface area contributed by atoms with Gasteiger partial charge in [0, 0.05) is 18.8 Å². The molecule has 0 fully saturated rings. The van der Waals surface area contributed by atoms with Crippen molar-refractivity contribution in [2.24, 2.45) is 11.7 Å². The Balaban J connectivity index is 0.00000288. The molecule has 4 N–H and O–H groups in total. The van der Waals surface area contributed by atoms with E-state index in [9.17, 15) is 9.59 Å². The maximum absolute atomic E-state index is 11.9. The highest BCUT2D eigenvalue weighted by Crippen LogP contribution is 2.29. The van der Waals surface area contributed by atoms with E-state index in [1.54, 1.807) is 0 Å². The number of nitrogens with one attached hydrogen (secondary N) is 2. The highest BCUT2D eigenvalue weighted by Gasteiger charge is 2.22. The van der Waals surface area contributed by atoms with E-state index in [-0.39, 0.29) is 49.7 Å². The maximum atomic E-state index is 11.9. The minimum atomic E-state index is -0.335. The molecular formula is C17H28Cl2N4O2. The van der Waals surface area contributed by atoms with Gasteiger partial charge in [0.2, 0.25) is 11.8 Å². The lowest BCUT2D eigenvalue weighted by Gasteiger charge is -2.16. The summed E-state index contributed by atoms with van der Waals surface area (Å²) >= 11 is 0. The fourth-order valence-electron chi connectivity index (χ4n) is 2.65. The molecule has 2 rings (SSSR count). The highest BCUT2D eigenvalue weighted by molar-refractivity contribution is 5.95. The molecule has 1 heterocycles. The van der Waals surface area contributed by atoms with Crippen molar-refractivity contribution in [1.82, 2.24) is 10.2 Å². The van der Waals surface area contributed by atoms with Crippen LogP contribution in [0.3, 0.4) is 0 Å². The van der Waals surface area contributed by atoms with Gasteiger partial charge in [-0.05, 0) is 36.1 Å². The number of carbonyl (C=O) groups is 2. The van der Waals surface area contributed by atoms with Crippen LogP contribution < -0.4 is 16.4 Å². The van der Waals surface area contributed by atoms with Gasteiger partial charge in [0.15, 0.2) is 0 Å². The van der Waals surface area contributed by atoms with E-state index in [1.807, 2.05) is 12.1 Å². The maximum Gasteiger partial charge on any atom is 0.243 e. The summed E-state index contributed by atoms with van der Waals surface area (Å²) in [5, 5.41) is 5.36. The Morgan fingerprint density at radius 3 is 2.56 bits per heavy atom. The molecule has 142 valence electrons. The molecule has 8 heteroatoms. The summed E-state index contributed by atoms with van der Waals surface area (Å²) in [4.78, 5) is 25.5. The number of nitrogens with two attached hydrogens (primary N) is 1. The summed E-state index contributed by atoms with van der Waals surface area (Å²) in [6.45, 7) is 7.13. The number of carbonyl (C=O) groups excluding carboxylic acids is 2. The van der Waals surface area contributed by atoms with Crippen LogP contribution in [0.15, 0.2) is 18.2 Å². The first-order chi connectivity index (χ1) is 11.0. The van der Waals surface area contributed by atoms with Crippen LogP contribution >= 0.6 is 24.8 Å². The first-order valence-corrected chi connectivity index (χ1v) is 8.09. The fraction of sp³-hybridized carbons (Fsp3) is 0.529. The number of nitrogens with zero attached hydrogens (tertiary/aromatic N) is 1. The summed E-state index contributed by atoms with van der Waals surface area (Å²) in [5.41, 5.74) is 8.47. The van der Waals surface area contributed by atoms with E-state index < -0.39 is 0 Å². The second-order valence-corrected chi connectivity index (χ2v) is 6.37. The van der Waals surface area contributed by atoms with Crippen molar-refractivity contribution in [1.29, 1.82) is 0 Å². The lowest BCUT2D eigenvalue weighted by atomic mass is 10.1. The Bertz CT molecular complexity index is 582. The molecule has 0 bridgehead atoms. The molecule has 0 unspecified atom stereocenters. The number of anilines is 1. The second kappa shape index (κ2) is 11.3. The Kier molecular flexibility index (Phi) is 10.7. The first-order valence-electron chi connectivity index (χ1n) is 8.09. The van der Waals surface area contributed by atoms with Crippen LogP contribution in [-0.2, 0) is 22.7 Å². The normalized spacial score (nSPS) is 12.8. The van der Waals surface area contributed by atoms with Crippen molar-refractivity contribution in [3.8, 4) is 0 Å². The topological polar surface area (TPSA) is 87.5 Å². The summed E-state index contributed by atoms with van der Waals surface area (Å²) in [6.07, 6.45) is 1.17. The number of amides is 2. The van der Waals surface area contributed by atoms with Crippen LogP contribution in [0.5, 0.6) is 0 Å². The predicted molar refractivity (Wildman–Crippen MR) is 105 cm³/mol. The van der Waals surface area contributed by atoms with E-state index in [0.29, 0.717) is 5.92 Å². The van der Waals surface area contributed by atoms with E-state index in [4.69, 9.17) is 5.73 Å². The van der Waals surface area contributed by atoms with Crippen LogP contribution in [0.1, 0.15) is 31.4 Å². The zero-order valence-corrected chi connectivity index (χ0v) is 16.3. The van der Waals surface area contributed by atoms with Gasteiger partial charge in [0.25, 0.3) is 0 Å². The highest BCUT2D eigenvalue weighted by atomic mass is 35.5. The van der Waals surface area contributed by atoms with E-state index in [0.717, 1.165) is 25.3 Å². The molecule has 1 aliphatic heterocycles. The molecule has 0 saturated heterocycles. The quantitative estimate of drug-likeness (QED) is 0.663. The van der Waals surface area contributed by atoms with Crippen molar-refractivity contribution in [2.45, 2.75) is 33.4 Å². The average Bonchev–Trinajstić information content (AvgIpc) is 2.94.